The van der Waals surface area contributed by atoms with Crippen LogP contribution in [-0.4, -0.2) is 25.4 Å². The molecule has 1 rings (SSSR count). The lowest BCUT2D eigenvalue weighted by Crippen LogP contribution is -2.42. The van der Waals surface area contributed by atoms with Gasteiger partial charge in [0, 0.05) is 16.7 Å². The van der Waals surface area contributed by atoms with Crippen LogP contribution in [-0.2, 0) is 0 Å². The van der Waals surface area contributed by atoms with E-state index in [4.69, 9.17) is 4.74 Å². The fourth-order valence-corrected chi connectivity index (χ4v) is 3.28. The smallest absolute Gasteiger partial charge is 0.132 e. The summed E-state index contributed by atoms with van der Waals surface area (Å²) in [6.07, 6.45) is 1.17. The van der Waals surface area contributed by atoms with Gasteiger partial charge in [-0.2, -0.15) is 0 Å². The van der Waals surface area contributed by atoms with E-state index in [1.54, 1.807) is 7.11 Å². The molecule has 0 spiro atoms. The molecular weight excluding hydrogens is 254 g/mol. The number of methoxy groups -OCH3 is 1. The predicted octanol–water partition coefficient (Wildman–Crippen LogP) is 4.20. The Morgan fingerprint density at radius 3 is 2.53 bits per heavy atom. The van der Waals surface area contributed by atoms with Gasteiger partial charge >= 0.3 is 0 Å². The summed E-state index contributed by atoms with van der Waals surface area (Å²) in [7, 11) is 1.73. The first kappa shape index (κ1) is 16.4. The molecule has 0 radical (unpaired) electrons. The van der Waals surface area contributed by atoms with Gasteiger partial charge < -0.3 is 10.1 Å². The minimum absolute atomic E-state index is 0.268. The summed E-state index contributed by atoms with van der Waals surface area (Å²) in [6, 6.07) is 8.73. The van der Waals surface area contributed by atoms with Gasteiger partial charge in [0.05, 0.1) is 7.11 Å². The number of benzene rings is 1. The van der Waals surface area contributed by atoms with Gasteiger partial charge in [0.25, 0.3) is 0 Å². The van der Waals surface area contributed by atoms with Crippen LogP contribution in [0.15, 0.2) is 29.2 Å². The molecule has 2 nitrogen and oxygen atoms in total. The molecule has 0 saturated heterocycles. The molecular formula is C16H27NOS. The van der Waals surface area contributed by atoms with Crippen LogP contribution >= 0.6 is 11.8 Å². The van der Waals surface area contributed by atoms with E-state index >= 15 is 0 Å². The second kappa shape index (κ2) is 7.81. The highest BCUT2D eigenvalue weighted by Gasteiger charge is 2.24. The first-order valence-electron chi connectivity index (χ1n) is 6.98. The topological polar surface area (TPSA) is 21.3 Å². The average molecular weight is 281 g/mol. The fourth-order valence-electron chi connectivity index (χ4n) is 1.84. The maximum Gasteiger partial charge on any atom is 0.132 e. The Morgan fingerprint density at radius 2 is 1.95 bits per heavy atom. The van der Waals surface area contributed by atoms with Crippen LogP contribution in [0.2, 0.25) is 0 Å². The largest absolute Gasteiger partial charge is 0.496 e. The predicted molar refractivity (Wildman–Crippen MR) is 85.3 cm³/mol. The van der Waals surface area contributed by atoms with Gasteiger partial charge in [-0.05, 0) is 30.5 Å². The van der Waals surface area contributed by atoms with Crippen molar-refractivity contribution in [3.8, 4) is 5.75 Å². The van der Waals surface area contributed by atoms with Gasteiger partial charge in [-0.3, -0.25) is 0 Å². The van der Waals surface area contributed by atoms with Crippen molar-refractivity contribution in [1.82, 2.24) is 5.32 Å². The highest BCUT2D eigenvalue weighted by Crippen LogP contribution is 2.32. The maximum atomic E-state index is 5.40. The zero-order valence-electron chi connectivity index (χ0n) is 12.8. The summed E-state index contributed by atoms with van der Waals surface area (Å²) in [5, 5.41) is 3.66. The highest BCUT2D eigenvalue weighted by molar-refractivity contribution is 7.99. The summed E-state index contributed by atoms with van der Waals surface area (Å²) in [6.45, 7) is 10.2. The number of para-hydroxylation sites is 1. The third kappa shape index (κ3) is 5.45. The zero-order valence-corrected chi connectivity index (χ0v) is 13.6. The average Bonchev–Trinajstić information content (AvgIpc) is 2.37. The summed E-state index contributed by atoms with van der Waals surface area (Å²) < 4.78 is 5.40. The van der Waals surface area contributed by atoms with Crippen molar-refractivity contribution >= 4 is 11.8 Å². The van der Waals surface area contributed by atoms with Crippen molar-refractivity contribution in [1.29, 1.82) is 0 Å². The minimum atomic E-state index is 0.268. The minimum Gasteiger partial charge on any atom is -0.496 e. The lowest BCUT2D eigenvalue weighted by molar-refractivity contribution is 0.291. The molecule has 0 aliphatic heterocycles. The first-order valence-corrected chi connectivity index (χ1v) is 7.96. The van der Waals surface area contributed by atoms with Gasteiger partial charge in [-0.15, -0.1) is 11.8 Å². The number of nitrogens with one attached hydrogen (secondary N) is 1. The fraction of sp³-hybridized carbons (Fsp3) is 0.625. The Balaban J connectivity index is 2.65. The van der Waals surface area contributed by atoms with E-state index in [1.165, 1.54) is 11.3 Å². The number of ether oxygens (including phenoxy) is 1. The Morgan fingerprint density at radius 1 is 1.26 bits per heavy atom. The number of hydrogen-bond acceptors (Lipinski definition) is 3. The molecule has 108 valence electrons. The quantitative estimate of drug-likeness (QED) is 0.757. The summed E-state index contributed by atoms with van der Waals surface area (Å²) in [5.74, 6) is 2.03. The summed E-state index contributed by atoms with van der Waals surface area (Å²) >= 11 is 1.87. The molecule has 0 saturated carbocycles. The Labute approximate surface area is 122 Å². The van der Waals surface area contributed by atoms with Gasteiger partial charge in [-0.1, -0.05) is 39.8 Å². The van der Waals surface area contributed by atoms with Crippen LogP contribution < -0.4 is 10.1 Å². The Hall–Kier alpha value is -0.670. The van der Waals surface area contributed by atoms with E-state index in [2.05, 4.69) is 45.1 Å². The van der Waals surface area contributed by atoms with Crippen LogP contribution in [0.3, 0.4) is 0 Å². The lowest BCUT2D eigenvalue weighted by Gasteiger charge is -2.31. The zero-order chi connectivity index (χ0) is 14.3. The van der Waals surface area contributed by atoms with Crippen molar-refractivity contribution in [2.24, 2.45) is 5.41 Å². The number of rotatable bonds is 7. The molecule has 1 N–H and O–H groups in total. The molecule has 0 aromatic heterocycles. The molecule has 0 fully saturated rings. The summed E-state index contributed by atoms with van der Waals surface area (Å²) in [5.41, 5.74) is 0.268. The first-order chi connectivity index (χ1) is 8.99. The van der Waals surface area contributed by atoms with Crippen LogP contribution in [0, 0.1) is 5.41 Å². The van der Waals surface area contributed by atoms with Crippen LogP contribution in [0.25, 0.3) is 0 Å². The van der Waals surface area contributed by atoms with E-state index in [-0.39, 0.29) is 5.41 Å². The molecule has 3 heteroatoms. The standard InChI is InChI=1S/C16H27NOS/c1-6-11-17-15(16(2,3)4)12-19-14-10-8-7-9-13(14)18-5/h7-10,15,17H,6,11-12H2,1-5H3. The van der Waals surface area contributed by atoms with E-state index < -0.39 is 0 Å². The van der Waals surface area contributed by atoms with E-state index in [9.17, 15) is 0 Å². The van der Waals surface area contributed by atoms with Gasteiger partial charge in [-0.25, -0.2) is 0 Å². The van der Waals surface area contributed by atoms with Crippen molar-refractivity contribution in [3.05, 3.63) is 24.3 Å². The molecule has 0 aliphatic rings. The molecule has 0 aliphatic carbocycles. The number of thioether (sulfide) groups is 1. The van der Waals surface area contributed by atoms with Crippen molar-refractivity contribution in [2.75, 3.05) is 19.4 Å². The van der Waals surface area contributed by atoms with Gasteiger partial charge in [0.15, 0.2) is 0 Å². The second-order valence-electron chi connectivity index (χ2n) is 5.83. The molecule has 0 heterocycles. The van der Waals surface area contributed by atoms with Crippen LogP contribution in [0.5, 0.6) is 5.75 Å². The van der Waals surface area contributed by atoms with E-state index in [0.717, 1.165) is 18.0 Å². The van der Waals surface area contributed by atoms with E-state index in [0.29, 0.717) is 6.04 Å². The molecule has 1 aromatic rings. The molecule has 1 unspecified atom stereocenters. The molecule has 0 bridgehead atoms. The molecule has 19 heavy (non-hydrogen) atoms. The third-order valence-corrected chi connectivity index (χ3v) is 4.31. The Kier molecular flexibility index (Phi) is 6.73. The van der Waals surface area contributed by atoms with Gasteiger partial charge in [0.2, 0.25) is 0 Å². The van der Waals surface area contributed by atoms with Crippen LogP contribution in [0.1, 0.15) is 34.1 Å². The highest BCUT2D eigenvalue weighted by atomic mass is 32.2. The second-order valence-corrected chi connectivity index (χ2v) is 6.90. The normalized spacial score (nSPS) is 13.3. The SMILES string of the molecule is CCCNC(CSc1ccccc1OC)C(C)(C)C. The van der Waals surface area contributed by atoms with Gasteiger partial charge in [0.1, 0.15) is 5.75 Å². The Bertz CT molecular complexity index is 373. The number of hydrogen-bond donors (Lipinski definition) is 1. The lowest BCUT2D eigenvalue weighted by atomic mass is 9.88. The summed E-state index contributed by atoms with van der Waals surface area (Å²) in [4.78, 5) is 1.22. The van der Waals surface area contributed by atoms with Crippen molar-refractivity contribution in [2.45, 2.75) is 45.1 Å². The van der Waals surface area contributed by atoms with Crippen molar-refractivity contribution in [3.63, 3.8) is 0 Å². The van der Waals surface area contributed by atoms with Crippen LogP contribution in [0.4, 0.5) is 0 Å². The molecule has 1 aromatic carbocycles. The maximum absolute atomic E-state index is 5.40. The monoisotopic (exact) mass is 281 g/mol. The van der Waals surface area contributed by atoms with E-state index in [1.807, 2.05) is 23.9 Å². The molecule has 1 atom stereocenters. The molecule has 0 amide bonds. The van der Waals surface area contributed by atoms with Crippen molar-refractivity contribution < 1.29 is 4.74 Å². The third-order valence-electron chi connectivity index (χ3n) is 3.16.